The summed E-state index contributed by atoms with van der Waals surface area (Å²) in [6, 6.07) is 10.0. The lowest BCUT2D eigenvalue weighted by Gasteiger charge is -2.22. The summed E-state index contributed by atoms with van der Waals surface area (Å²) >= 11 is 6.13. The van der Waals surface area contributed by atoms with Crippen molar-refractivity contribution in [2.24, 2.45) is 11.8 Å². The number of hydrogen-bond donors (Lipinski definition) is 1. The summed E-state index contributed by atoms with van der Waals surface area (Å²) in [6.45, 7) is 4.21. The SMILES string of the molecule is CC1C(C)C(c2ccccc2)N(O)C1Cl. The zero-order valence-corrected chi connectivity index (χ0v) is 9.72. The van der Waals surface area contributed by atoms with Crippen molar-refractivity contribution in [3.05, 3.63) is 35.9 Å². The second-order valence-electron chi connectivity index (χ2n) is 4.33. The molecule has 1 aromatic rings. The molecule has 1 saturated heterocycles. The first-order valence-corrected chi connectivity index (χ1v) is 5.73. The summed E-state index contributed by atoms with van der Waals surface area (Å²) < 4.78 is 0. The van der Waals surface area contributed by atoms with Gasteiger partial charge in [-0.2, -0.15) is 5.06 Å². The number of halogens is 1. The van der Waals surface area contributed by atoms with Gasteiger partial charge in [-0.1, -0.05) is 44.2 Å². The van der Waals surface area contributed by atoms with Gasteiger partial charge < -0.3 is 5.21 Å². The van der Waals surface area contributed by atoms with Gasteiger partial charge in [-0.25, -0.2) is 0 Å². The van der Waals surface area contributed by atoms with Crippen molar-refractivity contribution in [2.45, 2.75) is 25.4 Å². The summed E-state index contributed by atoms with van der Waals surface area (Å²) in [5.74, 6) is 0.654. The first-order valence-electron chi connectivity index (χ1n) is 5.29. The molecular weight excluding hydrogens is 210 g/mol. The molecule has 0 radical (unpaired) electrons. The number of rotatable bonds is 1. The quantitative estimate of drug-likeness (QED) is 0.586. The van der Waals surface area contributed by atoms with Crippen molar-refractivity contribution in [3.8, 4) is 0 Å². The maximum atomic E-state index is 9.95. The Labute approximate surface area is 95.4 Å². The number of nitrogens with zero attached hydrogens (tertiary/aromatic N) is 1. The van der Waals surface area contributed by atoms with E-state index in [0.29, 0.717) is 11.8 Å². The first kappa shape index (κ1) is 10.9. The maximum absolute atomic E-state index is 9.95. The van der Waals surface area contributed by atoms with E-state index in [1.807, 2.05) is 30.3 Å². The topological polar surface area (TPSA) is 23.5 Å². The minimum Gasteiger partial charge on any atom is -0.312 e. The largest absolute Gasteiger partial charge is 0.312 e. The molecule has 1 aliphatic heterocycles. The van der Waals surface area contributed by atoms with E-state index in [-0.39, 0.29) is 11.5 Å². The van der Waals surface area contributed by atoms with Crippen molar-refractivity contribution in [3.63, 3.8) is 0 Å². The average Bonchev–Trinajstić information content (AvgIpc) is 2.45. The van der Waals surface area contributed by atoms with Crippen molar-refractivity contribution >= 4 is 11.6 Å². The molecule has 4 atom stereocenters. The molecule has 2 rings (SSSR count). The third-order valence-electron chi connectivity index (χ3n) is 3.44. The molecule has 0 amide bonds. The minimum atomic E-state index is -0.287. The Balaban J connectivity index is 2.30. The Kier molecular flexibility index (Phi) is 3.01. The van der Waals surface area contributed by atoms with Crippen LogP contribution in [0.2, 0.25) is 0 Å². The average molecular weight is 226 g/mol. The molecule has 82 valence electrons. The third kappa shape index (κ3) is 1.78. The number of hydrogen-bond acceptors (Lipinski definition) is 2. The van der Waals surface area contributed by atoms with E-state index in [1.165, 1.54) is 5.06 Å². The Bertz CT molecular complexity index is 316. The molecule has 0 spiro atoms. The summed E-state index contributed by atoms with van der Waals surface area (Å²) in [5.41, 5.74) is 0.840. The van der Waals surface area contributed by atoms with Gasteiger partial charge in [0.15, 0.2) is 0 Å². The van der Waals surface area contributed by atoms with Gasteiger partial charge >= 0.3 is 0 Å². The number of benzene rings is 1. The highest BCUT2D eigenvalue weighted by Gasteiger charge is 2.43. The molecule has 1 aromatic carbocycles. The van der Waals surface area contributed by atoms with Crippen LogP contribution in [0.25, 0.3) is 0 Å². The summed E-state index contributed by atoms with van der Waals surface area (Å²) in [7, 11) is 0. The fourth-order valence-electron chi connectivity index (χ4n) is 2.28. The molecule has 1 N–H and O–H groups in total. The van der Waals surface area contributed by atoms with Gasteiger partial charge in [0.2, 0.25) is 0 Å². The lowest BCUT2D eigenvalue weighted by atomic mass is 9.90. The van der Waals surface area contributed by atoms with Gasteiger partial charge in [0.05, 0.1) is 6.04 Å². The van der Waals surface area contributed by atoms with Crippen LogP contribution in [-0.4, -0.2) is 15.8 Å². The van der Waals surface area contributed by atoms with E-state index in [1.54, 1.807) is 0 Å². The van der Waals surface area contributed by atoms with Gasteiger partial charge in [-0.15, -0.1) is 11.6 Å². The van der Waals surface area contributed by atoms with Gasteiger partial charge in [0, 0.05) is 0 Å². The molecule has 1 fully saturated rings. The van der Waals surface area contributed by atoms with Crippen LogP contribution in [0.4, 0.5) is 0 Å². The third-order valence-corrected chi connectivity index (χ3v) is 4.04. The number of hydroxylamine groups is 2. The van der Waals surface area contributed by atoms with E-state index < -0.39 is 0 Å². The predicted molar refractivity (Wildman–Crippen MR) is 60.8 cm³/mol. The maximum Gasteiger partial charge on any atom is 0.112 e. The zero-order valence-electron chi connectivity index (χ0n) is 8.97. The van der Waals surface area contributed by atoms with Crippen molar-refractivity contribution in [2.75, 3.05) is 0 Å². The molecule has 0 saturated carbocycles. The van der Waals surface area contributed by atoms with Crippen LogP contribution >= 0.6 is 11.6 Å². The van der Waals surface area contributed by atoms with Crippen LogP contribution in [-0.2, 0) is 0 Å². The normalized spacial score (nSPS) is 37.1. The van der Waals surface area contributed by atoms with Crippen LogP contribution in [0.15, 0.2) is 30.3 Å². The fourth-order valence-corrected chi connectivity index (χ4v) is 2.63. The van der Waals surface area contributed by atoms with Crippen molar-refractivity contribution in [1.29, 1.82) is 0 Å². The van der Waals surface area contributed by atoms with Crippen LogP contribution in [0, 0.1) is 11.8 Å². The molecule has 2 nitrogen and oxygen atoms in total. The highest BCUT2D eigenvalue weighted by molar-refractivity contribution is 6.20. The molecule has 1 heterocycles. The smallest absolute Gasteiger partial charge is 0.112 e. The van der Waals surface area contributed by atoms with Gasteiger partial charge in [0.25, 0.3) is 0 Å². The van der Waals surface area contributed by atoms with Gasteiger partial charge in [-0.3, -0.25) is 0 Å². The molecule has 4 unspecified atom stereocenters. The molecule has 0 aliphatic carbocycles. The fraction of sp³-hybridized carbons (Fsp3) is 0.500. The molecule has 0 aromatic heterocycles. The first-order chi connectivity index (χ1) is 7.13. The Morgan fingerprint density at radius 1 is 1.13 bits per heavy atom. The van der Waals surface area contributed by atoms with E-state index >= 15 is 0 Å². The Hall–Kier alpha value is -0.570. The summed E-state index contributed by atoms with van der Waals surface area (Å²) in [4.78, 5) is 0. The van der Waals surface area contributed by atoms with Crippen LogP contribution < -0.4 is 0 Å². The molecular formula is C12H16ClNO. The van der Waals surface area contributed by atoms with Crippen molar-refractivity contribution in [1.82, 2.24) is 5.06 Å². The Morgan fingerprint density at radius 2 is 1.73 bits per heavy atom. The molecule has 1 aliphatic rings. The predicted octanol–water partition coefficient (Wildman–Crippen LogP) is 3.27. The van der Waals surface area contributed by atoms with Gasteiger partial charge in [-0.05, 0) is 17.4 Å². The van der Waals surface area contributed by atoms with E-state index in [2.05, 4.69) is 13.8 Å². The molecule has 3 heteroatoms. The summed E-state index contributed by atoms with van der Waals surface area (Å²) in [5, 5.41) is 11.2. The van der Waals surface area contributed by atoms with E-state index in [9.17, 15) is 5.21 Å². The van der Waals surface area contributed by atoms with Crippen molar-refractivity contribution < 1.29 is 5.21 Å². The Morgan fingerprint density at radius 3 is 2.20 bits per heavy atom. The highest BCUT2D eigenvalue weighted by atomic mass is 35.5. The second kappa shape index (κ2) is 4.12. The second-order valence-corrected chi connectivity index (χ2v) is 4.77. The van der Waals surface area contributed by atoms with Gasteiger partial charge in [0.1, 0.15) is 5.50 Å². The zero-order chi connectivity index (χ0) is 11.0. The van der Waals surface area contributed by atoms with Crippen LogP contribution in [0.5, 0.6) is 0 Å². The van der Waals surface area contributed by atoms with E-state index in [0.717, 1.165) is 5.56 Å². The standard InChI is InChI=1S/C12H16ClNO/c1-8-9(2)12(13)14(15)11(8)10-6-4-3-5-7-10/h3-9,11-12,15H,1-2H3. The number of alkyl halides is 1. The molecule has 15 heavy (non-hydrogen) atoms. The minimum absolute atomic E-state index is 0.0173. The highest BCUT2D eigenvalue weighted by Crippen LogP contribution is 2.44. The monoisotopic (exact) mass is 225 g/mol. The summed E-state index contributed by atoms with van der Waals surface area (Å²) in [6.07, 6.45) is 0. The molecule has 0 bridgehead atoms. The lowest BCUT2D eigenvalue weighted by molar-refractivity contribution is -0.121. The van der Waals surface area contributed by atoms with Crippen LogP contribution in [0.3, 0.4) is 0 Å². The lowest BCUT2D eigenvalue weighted by Crippen LogP contribution is -2.25. The van der Waals surface area contributed by atoms with Crippen LogP contribution in [0.1, 0.15) is 25.5 Å². The van der Waals surface area contributed by atoms with E-state index in [4.69, 9.17) is 11.6 Å².